The second-order valence-corrected chi connectivity index (χ2v) is 8.98. The van der Waals surface area contributed by atoms with E-state index in [1.54, 1.807) is 0 Å². The maximum absolute atomic E-state index is 12.5. The van der Waals surface area contributed by atoms with Crippen LogP contribution in [0.5, 0.6) is 0 Å². The van der Waals surface area contributed by atoms with Gasteiger partial charge >= 0.3 is 12.2 Å². The van der Waals surface area contributed by atoms with E-state index in [4.69, 9.17) is 0 Å². The lowest BCUT2D eigenvalue weighted by Gasteiger charge is -2.30. The van der Waals surface area contributed by atoms with Gasteiger partial charge in [0, 0.05) is 33.9 Å². The highest BCUT2D eigenvalue weighted by Gasteiger charge is 2.41. The summed E-state index contributed by atoms with van der Waals surface area (Å²) in [6, 6.07) is -0.618. The van der Waals surface area contributed by atoms with Gasteiger partial charge in [-0.25, -0.2) is 4.79 Å². The number of alkyl halides is 3. The Morgan fingerprint density at radius 3 is 2.14 bits per heavy atom. The summed E-state index contributed by atoms with van der Waals surface area (Å²) in [5.74, 6) is -0.889. The second-order valence-electron chi connectivity index (χ2n) is 6.65. The molecule has 22 heavy (non-hydrogen) atoms. The van der Waals surface area contributed by atoms with Crippen LogP contribution in [-0.2, 0) is 10.8 Å². The number of rotatable bonds is 4. The molecule has 130 valence electrons. The van der Waals surface area contributed by atoms with E-state index < -0.39 is 28.9 Å². The number of halogens is 3. The van der Waals surface area contributed by atoms with Crippen LogP contribution >= 0.6 is 0 Å². The van der Waals surface area contributed by atoms with Crippen molar-refractivity contribution in [3.63, 3.8) is 0 Å². The van der Waals surface area contributed by atoms with Gasteiger partial charge in [0.1, 0.15) is 0 Å². The molecular formula is C14H25F3N2O2S. The topological polar surface area (TPSA) is 58.2 Å². The highest BCUT2D eigenvalue weighted by atomic mass is 32.2. The first-order valence-electron chi connectivity index (χ1n) is 7.49. The molecule has 2 amide bonds. The van der Waals surface area contributed by atoms with Gasteiger partial charge in [0.15, 0.2) is 0 Å². The summed E-state index contributed by atoms with van der Waals surface area (Å²) in [5, 5.41) is 5.30. The lowest BCUT2D eigenvalue weighted by atomic mass is 9.86. The minimum absolute atomic E-state index is 0.0580. The van der Waals surface area contributed by atoms with Gasteiger partial charge in [-0.2, -0.15) is 13.2 Å². The Hall–Kier alpha value is -0.790. The van der Waals surface area contributed by atoms with Crippen LogP contribution in [0.25, 0.3) is 0 Å². The molecule has 0 aromatic rings. The van der Waals surface area contributed by atoms with E-state index in [2.05, 4.69) is 10.6 Å². The minimum Gasteiger partial charge on any atom is -0.337 e. The van der Waals surface area contributed by atoms with Crippen molar-refractivity contribution >= 4 is 16.8 Å². The van der Waals surface area contributed by atoms with Crippen LogP contribution in [0.1, 0.15) is 46.5 Å². The molecule has 0 aromatic heterocycles. The fourth-order valence-electron chi connectivity index (χ4n) is 2.36. The zero-order valence-corrected chi connectivity index (χ0v) is 14.1. The Balaban J connectivity index is 2.23. The number of hydrogen-bond acceptors (Lipinski definition) is 2. The lowest BCUT2D eigenvalue weighted by Crippen LogP contribution is -2.45. The third-order valence-electron chi connectivity index (χ3n) is 3.78. The van der Waals surface area contributed by atoms with Crippen molar-refractivity contribution in [3.8, 4) is 0 Å². The van der Waals surface area contributed by atoms with E-state index in [0.717, 1.165) is 0 Å². The first-order valence-corrected chi connectivity index (χ1v) is 8.81. The van der Waals surface area contributed by atoms with Crippen molar-refractivity contribution in [2.24, 2.45) is 5.92 Å². The van der Waals surface area contributed by atoms with Crippen molar-refractivity contribution in [1.29, 1.82) is 0 Å². The normalized spacial score (nSPS) is 24.6. The average Bonchev–Trinajstić information content (AvgIpc) is 2.37. The standard InChI is InChI=1S/C14H25F3N2O2S/c1-13(2,3)22(21)9-8-18-12(20)19-11-6-4-10(5-7-11)14(15,16)17/h10-11H,4-9H2,1-3H3,(H2,18,19,20)/t10?,11?,22-/m1/s1. The summed E-state index contributed by atoms with van der Waals surface area (Å²) in [4.78, 5) is 11.7. The summed E-state index contributed by atoms with van der Waals surface area (Å²) >= 11 is 0. The molecule has 0 heterocycles. The van der Waals surface area contributed by atoms with E-state index in [-0.39, 0.29) is 30.2 Å². The third-order valence-corrected chi connectivity index (χ3v) is 5.72. The van der Waals surface area contributed by atoms with E-state index >= 15 is 0 Å². The molecule has 0 saturated heterocycles. The number of carbonyl (C=O) groups excluding carboxylic acids is 1. The largest absolute Gasteiger partial charge is 0.391 e. The van der Waals surface area contributed by atoms with E-state index in [1.165, 1.54) is 0 Å². The number of amides is 2. The molecule has 1 rings (SSSR count). The van der Waals surface area contributed by atoms with Crippen molar-refractivity contribution in [2.45, 2.75) is 63.4 Å². The van der Waals surface area contributed by atoms with Crippen LogP contribution in [0.3, 0.4) is 0 Å². The molecule has 0 radical (unpaired) electrons. The fraction of sp³-hybridized carbons (Fsp3) is 0.929. The van der Waals surface area contributed by atoms with Crippen LogP contribution in [-0.4, -0.2) is 39.5 Å². The molecule has 2 N–H and O–H groups in total. The molecule has 8 heteroatoms. The summed E-state index contributed by atoms with van der Waals surface area (Å²) in [7, 11) is -1.04. The molecule has 0 aliphatic heterocycles. The Bertz CT molecular complexity index is 400. The van der Waals surface area contributed by atoms with Crippen molar-refractivity contribution < 1.29 is 22.2 Å². The molecular weight excluding hydrogens is 317 g/mol. The zero-order valence-electron chi connectivity index (χ0n) is 13.3. The zero-order chi connectivity index (χ0) is 17.0. The molecule has 0 unspecified atom stereocenters. The number of hydrogen-bond donors (Lipinski definition) is 2. The molecule has 1 fully saturated rings. The maximum Gasteiger partial charge on any atom is 0.391 e. The Labute approximate surface area is 132 Å². The van der Waals surface area contributed by atoms with Gasteiger partial charge in [-0.1, -0.05) is 0 Å². The first-order chi connectivity index (χ1) is 10.00. The van der Waals surface area contributed by atoms with Crippen molar-refractivity contribution in [1.82, 2.24) is 10.6 Å². The minimum atomic E-state index is -4.13. The lowest BCUT2D eigenvalue weighted by molar-refractivity contribution is -0.182. The summed E-state index contributed by atoms with van der Waals surface area (Å²) in [5.41, 5.74) is 0. The van der Waals surface area contributed by atoms with E-state index in [0.29, 0.717) is 18.6 Å². The van der Waals surface area contributed by atoms with Gasteiger partial charge < -0.3 is 10.6 Å². The van der Waals surface area contributed by atoms with E-state index in [1.807, 2.05) is 20.8 Å². The quantitative estimate of drug-likeness (QED) is 0.825. The Kier molecular flexibility index (Phi) is 6.70. The van der Waals surface area contributed by atoms with Gasteiger partial charge in [-0.05, 0) is 46.5 Å². The number of urea groups is 1. The predicted molar refractivity (Wildman–Crippen MR) is 81.1 cm³/mol. The van der Waals surface area contributed by atoms with Crippen LogP contribution in [0, 0.1) is 5.92 Å². The van der Waals surface area contributed by atoms with Crippen LogP contribution in [0.15, 0.2) is 0 Å². The smallest absolute Gasteiger partial charge is 0.337 e. The average molecular weight is 342 g/mol. The van der Waals surface area contributed by atoms with Crippen LogP contribution in [0.4, 0.5) is 18.0 Å². The Morgan fingerprint density at radius 1 is 1.14 bits per heavy atom. The molecule has 1 atom stereocenters. The molecule has 1 aliphatic carbocycles. The number of carbonyl (C=O) groups is 1. The van der Waals surface area contributed by atoms with Gasteiger partial charge in [0.2, 0.25) is 0 Å². The van der Waals surface area contributed by atoms with Gasteiger partial charge in [0.25, 0.3) is 0 Å². The fourth-order valence-corrected chi connectivity index (χ4v) is 3.26. The van der Waals surface area contributed by atoms with Crippen molar-refractivity contribution in [2.75, 3.05) is 12.3 Å². The molecule has 0 bridgehead atoms. The maximum atomic E-state index is 12.5. The Morgan fingerprint density at radius 2 is 1.68 bits per heavy atom. The van der Waals surface area contributed by atoms with Crippen LogP contribution < -0.4 is 10.6 Å². The predicted octanol–water partition coefficient (Wildman–Crippen LogP) is 2.95. The van der Waals surface area contributed by atoms with Crippen LogP contribution in [0.2, 0.25) is 0 Å². The summed E-state index contributed by atoms with van der Waals surface area (Å²) in [6.07, 6.45) is -3.34. The van der Waals surface area contributed by atoms with Gasteiger partial charge in [-0.15, -0.1) is 0 Å². The van der Waals surface area contributed by atoms with Gasteiger partial charge in [0.05, 0.1) is 5.92 Å². The molecule has 1 saturated carbocycles. The highest BCUT2D eigenvalue weighted by molar-refractivity contribution is 7.86. The van der Waals surface area contributed by atoms with E-state index in [9.17, 15) is 22.2 Å². The molecule has 0 aromatic carbocycles. The molecule has 0 spiro atoms. The third kappa shape index (κ3) is 6.54. The number of nitrogens with one attached hydrogen (secondary N) is 2. The SMILES string of the molecule is CC(C)(C)[S@](=O)CCNC(=O)NC1CCC(C(F)(F)F)CC1. The highest BCUT2D eigenvalue weighted by Crippen LogP contribution is 2.37. The molecule has 4 nitrogen and oxygen atoms in total. The van der Waals surface area contributed by atoms with Crippen molar-refractivity contribution in [3.05, 3.63) is 0 Å². The monoisotopic (exact) mass is 342 g/mol. The first kappa shape index (κ1) is 19.3. The van der Waals surface area contributed by atoms with Gasteiger partial charge in [-0.3, -0.25) is 4.21 Å². The summed E-state index contributed by atoms with van der Waals surface area (Å²) in [6.45, 7) is 5.88. The summed E-state index contributed by atoms with van der Waals surface area (Å²) < 4.78 is 49.1. The molecule has 1 aliphatic rings. The second kappa shape index (κ2) is 7.66.